The van der Waals surface area contributed by atoms with Gasteiger partial charge < -0.3 is 14.8 Å². The van der Waals surface area contributed by atoms with Crippen molar-refractivity contribution in [2.75, 3.05) is 32.7 Å². The van der Waals surface area contributed by atoms with Gasteiger partial charge >= 0.3 is 5.69 Å². The van der Waals surface area contributed by atoms with Crippen molar-refractivity contribution in [1.82, 2.24) is 0 Å². The standard InChI is InChI=1S/C11H15N2O4/c1-12-8-3-4-9(11-16-5-6-17-11)10(7-8)13(14)15-2/h3-4,7,11-12H,5-6H2,1-2H3/q+1. The van der Waals surface area contributed by atoms with Crippen LogP contribution in [0, 0.1) is 4.91 Å². The maximum absolute atomic E-state index is 11.6. The summed E-state index contributed by atoms with van der Waals surface area (Å²) >= 11 is 0. The second-order valence-corrected chi connectivity index (χ2v) is 3.54. The fourth-order valence-electron chi connectivity index (χ4n) is 1.69. The zero-order valence-electron chi connectivity index (χ0n) is 9.80. The molecule has 1 heterocycles. The Bertz CT molecular complexity index is 416. The first-order chi connectivity index (χ1) is 8.26. The van der Waals surface area contributed by atoms with Crippen LogP contribution in [0.25, 0.3) is 0 Å². The van der Waals surface area contributed by atoms with Gasteiger partial charge in [-0.05, 0) is 12.1 Å². The Kier molecular flexibility index (Phi) is 3.55. The van der Waals surface area contributed by atoms with Crippen LogP contribution in [0.3, 0.4) is 0 Å². The largest absolute Gasteiger partial charge is 0.388 e. The Balaban J connectivity index is 2.38. The lowest BCUT2D eigenvalue weighted by molar-refractivity contribution is -0.737. The highest BCUT2D eigenvalue weighted by molar-refractivity contribution is 5.55. The Hall–Kier alpha value is -1.66. The molecule has 1 aromatic carbocycles. The number of rotatable bonds is 4. The average molecular weight is 239 g/mol. The molecular weight excluding hydrogens is 224 g/mol. The van der Waals surface area contributed by atoms with Gasteiger partial charge in [-0.2, -0.15) is 0 Å². The molecule has 1 saturated heterocycles. The first-order valence-electron chi connectivity index (χ1n) is 5.32. The third-order valence-electron chi connectivity index (χ3n) is 2.56. The molecule has 0 atom stereocenters. The minimum absolute atomic E-state index is 0.381. The molecule has 1 aliphatic rings. The van der Waals surface area contributed by atoms with E-state index in [0.717, 1.165) is 5.69 Å². The van der Waals surface area contributed by atoms with Gasteiger partial charge in [0, 0.05) is 18.8 Å². The predicted octanol–water partition coefficient (Wildman–Crippen LogP) is 1.75. The SMILES string of the molecule is CNc1ccc(C2OCCO2)c([N+](=O)OC)c1. The molecule has 17 heavy (non-hydrogen) atoms. The predicted molar refractivity (Wildman–Crippen MR) is 60.9 cm³/mol. The molecule has 6 heteroatoms. The van der Waals surface area contributed by atoms with Crippen molar-refractivity contribution in [3.05, 3.63) is 28.7 Å². The van der Waals surface area contributed by atoms with Gasteiger partial charge in [0.15, 0.2) is 13.4 Å². The van der Waals surface area contributed by atoms with Crippen molar-refractivity contribution < 1.29 is 19.2 Å². The second kappa shape index (κ2) is 5.11. The van der Waals surface area contributed by atoms with Gasteiger partial charge in [0.2, 0.25) is 0 Å². The number of nitrogens with zero attached hydrogens (tertiary/aromatic N) is 1. The van der Waals surface area contributed by atoms with E-state index in [9.17, 15) is 4.91 Å². The van der Waals surface area contributed by atoms with E-state index in [1.54, 1.807) is 19.2 Å². The van der Waals surface area contributed by atoms with Crippen molar-refractivity contribution in [2.24, 2.45) is 0 Å². The molecule has 0 spiro atoms. The van der Waals surface area contributed by atoms with E-state index >= 15 is 0 Å². The molecule has 0 bridgehead atoms. The Morgan fingerprint density at radius 2 is 2.12 bits per heavy atom. The van der Waals surface area contributed by atoms with Crippen LogP contribution < -0.4 is 5.32 Å². The number of benzene rings is 1. The van der Waals surface area contributed by atoms with E-state index < -0.39 is 6.29 Å². The minimum Gasteiger partial charge on any atom is -0.388 e. The Morgan fingerprint density at radius 1 is 1.41 bits per heavy atom. The molecule has 0 unspecified atom stereocenters. The van der Waals surface area contributed by atoms with Gasteiger partial charge in [-0.1, -0.05) is 0 Å². The lowest BCUT2D eigenvalue weighted by atomic mass is 10.1. The van der Waals surface area contributed by atoms with Gasteiger partial charge in [-0.15, -0.1) is 0 Å². The van der Waals surface area contributed by atoms with E-state index in [-0.39, 0.29) is 0 Å². The quantitative estimate of drug-likeness (QED) is 0.811. The number of nitrogens with one attached hydrogen (secondary N) is 1. The molecule has 92 valence electrons. The number of ether oxygens (including phenoxy) is 2. The summed E-state index contributed by atoms with van der Waals surface area (Å²) in [6.07, 6.45) is -0.498. The normalized spacial score (nSPS) is 15.9. The zero-order chi connectivity index (χ0) is 12.3. The van der Waals surface area contributed by atoms with Crippen molar-refractivity contribution in [3.8, 4) is 0 Å². The van der Waals surface area contributed by atoms with Gasteiger partial charge in [-0.25, -0.2) is 4.84 Å². The van der Waals surface area contributed by atoms with Gasteiger partial charge in [0.05, 0.1) is 23.7 Å². The molecule has 1 fully saturated rings. The smallest absolute Gasteiger partial charge is 0.327 e. The van der Waals surface area contributed by atoms with E-state index in [1.165, 1.54) is 7.11 Å². The summed E-state index contributed by atoms with van der Waals surface area (Å²) in [6, 6.07) is 5.34. The summed E-state index contributed by atoms with van der Waals surface area (Å²) < 4.78 is 10.8. The van der Waals surface area contributed by atoms with Crippen molar-refractivity contribution in [3.63, 3.8) is 0 Å². The summed E-state index contributed by atoms with van der Waals surface area (Å²) in [5, 5.41) is 2.96. The van der Waals surface area contributed by atoms with E-state index in [2.05, 4.69) is 10.2 Å². The summed E-state index contributed by atoms with van der Waals surface area (Å²) in [4.78, 5) is 16.7. The first-order valence-corrected chi connectivity index (χ1v) is 5.32. The van der Waals surface area contributed by atoms with E-state index in [1.807, 2.05) is 6.07 Å². The molecule has 0 saturated carbocycles. The van der Waals surface area contributed by atoms with Crippen molar-refractivity contribution in [1.29, 1.82) is 0 Å². The van der Waals surface area contributed by atoms with Crippen LogP contribution in [0.15, 0.2) is 18.2 Å². The summed E-state index contributed by atoms with van der Waals surface area (Å²) in [6.45, 7) is 1.06. The third-order valence-corrected chi connectivity index (χ3v) is 2.56. The molecule has 0 aliphatic carbocycles. The van der Waals surface area contributed by atoms with E-state index in [4.69, 9.17) is 9.47 Å². The van der Waals surface area contributed by atoms with Crippen LogP contribution in [0.4, 0.5) is 11.4 Å². The summed E-state index contributed by atoms with van der Waals surface area (Å²) in [5.41, 5.74) is 1.87. The van der Waals surface area contributed by atoms with Crippen LogP contribution in [0.2, 0.25) is 0 Å². The van der Waals surface area contributed by atoms with E-state index in [0.29, 0.717) is 29.4 Å². The molecule has 0 radical (unpaired) electrons. The lowest BCUT2D eigenvalue weighted by Crippen LogP contribution is -2.07. The maximum Gasteiger partial charge on any atom is 0.327 e. The third kappa shape index (κ3) is 2.37. The molecule has 0 aromatic heterocycles. The molecule has 0 amide bonds. The Morgan fingerprint density at radius 3 is 2.71 bits per heavy atom. The van der Waals surface area contributed by atoms with Crippen molar-refractivity contribution in [2.45, 2.75) is 6.29 Å². The number of hydrogen-bond acceptors (Lipinski definition) is 5. The lowest BCUT2D eigenvalue weighted by Gasteiger charge is -2.09. The summed E-state index contributed by atoms with van der Waals surface area (Å²) in [5.74, 6) is 0. The Labute approximate surface area is 99.0 Å². The van der Waals surface area contributed by atoms with Crippen LogP contribution >= 0.6 is 0 Å². The molecular formula is C11H15N2O4+. The summed E-state index contributed by atoms with van der Waals surface area (Å²) in [7, 11) is 3.10. The fraction of sp³-hybridized carbons (Fsp3) is 0.455. The first kappa shape index (κ1) is 11.8. The van der Waals surface area contributed by atoms with Gasteiger partial charge in [0.25, 0.3) is 4.92 Å². The fourth-order valence-corrected chi connectivity index (χ4v) is 1.69. The van der Waals surface area contributed by atoms with Crippen LogP contribution in [0.1, 0.15) is 11.9 Å². The maximum atomic E-state index is 11.6. The average Bonchev–Trinajstić information content (AvgIpc) is 2.90. The number of anilines is 1. The topological polar surface area (TPSA) is 59.8 Å². The highest BCUT2D eigenvalue weighted by Gasteiger charge is 2.30. The van der Waals surface area contributed by atoms with Crippen molar-refractivity contribution >= 4 is 11.4 Å². The van der Waals surface area contributed by atoms with Gasteiger partial charge in [-0.3, -0.25) is 0 Å². The number of hydrogen-bond donors (Lipinski definition) is 1. The van der Waals surface area contributed by atoms with Crippen LogP contribution in [-0.2, 0) is 14.3 Å². The minimum atomic E-state index is -0.498. The van der Waals surface area contributed by atoms with Crippen LogP contribution in [0.5, 0.6) is 0 Å². The zero-order valence-corrected chi connectivity index (χ0v) is 9.80. The molecule has 1 aliphatic heterocycles. The molecule has 6 nitrogen and oxygen atoms in total. The molecule has 1 aromatic rings. The highest BCUT2D eigenvalue weighted by Crippen LogP contribution is 2.33. The molecule has 2 rings (SSSR count). The second-order valence-electron chi connectivity index (χ2n) is 3.54. The van der Waals surface area contributed by atoms with Crippen LogP contribution in [-0.4, -0.2) is 32.3 Å². The monoisotopic (exact) mass is 239 g/mol. The van der Waals surface area contributed by atoms with Gasteiger partial charge in [0.1, 0.15) is 0 Å². The molecule has 1 N–H and O–H groups in total. The highest BCUT2D eigenvalue weighted by atomic mass is 16.8.